The molecule has 1 aromatic heterocycles. The zero-order valence-corrected chi connectivity index (χ0v) is 12.5. The van der Waals surface area contributed by atoms with Gasteiger partial charge in [-0.15, -0.1) is 0 Å². The quantitative estimate of drug-likeness (QED) is 0.914. The van der Waals surface area contributed by atoms with Gasteiger partial charge in [0.05, 0.1) is 12.1 Å². The van der Waals surface area contributed by atoms with Gasteiger partial charge in [0.15, 0.2) is 0 Å². The predicted molar refractivity (Wildman–Crippen MR) is 81.3 cm³/mol. The van der Waals surface area contributed by atoms with E-state index in [1.165, 1.54) is 0 Å². The number of hydrogen-bond acceptors (Lipinski definition) is 3. The highest BCUT2D eigenvalue weighted by molar-refractivity contribution is 6.30. The number of nitrogens with zero attached hydrogens (tertiary/aromatic N) is 2. The number of hydrogen-bond donors (Lipinski definition) is 2. The lowest BCUT2D eigenvalue weighted by Crippen LogP contribution is -2.39. The van der Waals surface area contributed by atoms with Crippen molar-refractivity contribution in [1.29, 1.82) is 0 Å². The molecule has 0 bridgehead atoms. The van der Waals surface area contributed by atoms with E-state index in [2.05, 4.69) is 27.5 Å². The van der Waals surface area contributed by atoms with Crippen LogP contribution in [-0.2, 0) is 0 Å². The molecule has 21 heavy (non-hydrogen) atoms. The zero-order chi connectivity index (χ0) is 14.8. The maximum absolute atomic E-state index is 12.2. The Bertz CT molecular complexity index is 611. The first-order valence-electron chi connectivity index (χ1n) is 6.91. The summed E-state index contributed by atoms with van der Waals surface area (Å²) in [4.78, 5) is 14.4. The second-order valence-electron chi connectivity index (χ2n) is 5.32. The van der Waals surface area contributed by atoms with Crippen molar-refractivity contribution in [3.63, 3.8) is 0 Å². The first kappa shape index (κ1) is 14.1. The monoisotopic (exact) mass is 304 g/mol. The smallest absolute Gasteiger partial charge is 0.269 e. The molecule has 3 rings (SSSR count). The summed E-state index contributed by atoms with van der Waals surface area (Å²) in [6.07, 6.45) is 2.50. The largest absolute Gasteiger partial charge is 0.346 e. The van der Waals surface area contributed by atoms with Crippen LogP contribution in [0, 0.1) is 0 Å². The number of H-pyrrole nitrogens is 1. The Morgan fingerprint density at radius 3 is 2.81 bits per heavy atom. The van der Waals surface area contributed by atoms with Crippen molar-refractivity contribution in [2.75, 3.05) is 13.6 Å². The first-order valence-corrected chi connectivity index (χ1v) is 7.29. The lowest BCUT2D eigenvalue weighted by atomic mass is 10.00. The molecule has 2 N–H and O–H groups in total. The number of nitrogens with one attached hydrogen (secondary N) is 2. The Balaban J connectivity index is 1.78. The van der Waals surface area contributed by atoms with Gasteiger partial charge >= 0.3 is 0 Å². The van der Waals surface area contributed by atoms with Gasteiger partial charge in [-0.3, -0.25) is 14.8 Å². The molecule has 1 saturated heterocycles. The van der Waals surface area contributed by atoms with Crippen molar-refractivity contribution >= 4 is 17.5 Å². The minimum atomic E-state index is -0.119. The predicted octanol–water partition coefficient (Wildman–Crippen LogP) is 2.24. The third-order valence-corrected chi connectivity index (χ3v) is 4.17. The van der Waals surface area contributed by atoms with E-state index >= 15 is 0 Å². The Labute approximate surface area is 128 Å². The second kappa shape index (κ2) is 5.87. The zero-order valence-electron chi connectivity index (χ0n) is 11.7. The molecule has 0 spiro atoms. The van der Waals surface area contributed by atoms with Gasteiger partial charge in [0.1, 0.15) is 5.69 Å². The minimum absolute atomic E-state index is 0.0759. The summed E-state index contributed by atoms with van der Waals surface area (Å²) in [5.74, 6) is -0.119. The van der Waals surface area contributed by atoms with E-state index in [9.17, 15) is 4.79 Å². The summed E-state index contributed by atoms with van der Waals surface area (Å²) in [5, 5.41) is 10.3. The van der Waals surface area contributed by atoms with Gasteiger partial charge in [-0.2, -0.15) is 5.10 Å². The van der Waals surface area contributed by atoms with Crippen LogP contribution in [0.4, 0.5) is 0 Å². The SMILES string of the molecule is CN1CC[C@@H](NC(=O)c2ccn[nH]2)[C@@H]1c1ccc(Cl)cc1. The molecule has 1 aliphatic rings. The van der Waals surface area contributed by atoms with Crippen LogP contribution < -0.4 is 5.32 Å². The summed E-state index contributed by atoms with van der Waals surface area (Å²) in [6.45, 7) is 0.946. The average molecular weight is 305 g/mol. The van der Waals surface area contributed by atoms with Crippen LogP contribution in [-0.4, -0.2) is 40.6 Å². The number of amides is 1. The number of benzene rings is 1. The van der Waals surface area contributed by atoms with Gasteiger partial charge in [-0.1, -0.05) is 23.7 Å². The van der Waals surface area contributed by atoms with Crippen molar-refractivity contribution in [2.45, 2.75) is 18.5 Å². The van der Waals surface area contributed by atoms with E-state index in [0.717, 1.165) is 23.6 Å². The molecule has 1 aromatic carbocycles. The molecule has 110 valence electrons. The molecular weight excluding hydrogens is 288 g/mol. The molecule has 2 atom stereocenters. The Morgan fingerprint density at radius 1 is 1.38 bits per heavy atom. The normalized spacial score (nSPS) is 22.4. The highest BCUT2D eigenvalue weighted by Crippen LogP contribution is 2.31. The topological polar surface area (TPSA) is 61.0 Å². The number of likely N-dealkylation sites (tertiary alicyclic amines) is 1. The molecule has 0 unspecified atom stereocenters. The van der Waals surface area contributed by atoms with Crippen molar-refractivity contribution in [3.05, 3.63) is 52.8 Å². The Hall–Kier alpha value is -1.85. The van der Waals surface area contributed by atoms with Crippen LogP contribution >= 0.6 is 11.6 Å². The number of rotatable bonds is 3. The summed E-state index contributed by atoms with van der Waals surface area (Å²) >= 11 is 5.95. The first-order chi connectivity index (χ1) is 10.1. The maximum atomic E-state index is 12.2. The summed E-state index contributed by atoms with van der Waals surface area (Å²) < 4.78 is 0. The number of halogens is 1. The fraction of sp³-hybridized carbons (Fsp3) is 0.333. The number of carbonyl (C=O) groups is 1. The fourth-order valence-electron chi connectivity index (χ4n) is 2.87. The van der Waals surface area contributed by atoms with Gasteiger partial charge in [-0.05, 0) is 37.2 Å². The van der Waals surface area contributed by atoms with Crippen LogP contribution in [0.15, 0.2) is 36.5 Å². The van der Waals surface area contributed by atoms with Gasteiger partial charge in [0.25, 0.3) is 5.91 Å². The van der Waals surface area contributed by atoms with Gasteiger partial charge in [0.2, 0.25) is 0 Å². The molecule has 0 saturated carbocycles. The van der Waals surface area contributed by atoms with Crippen LogP contribution in [0.25, 0.3) is 0 Å². The van der Waals surface area contributed by atoms with E-state index in [0.29, 0.717) is 5.69 Å². The number of likely N-dealkylation sites (N-methyl/N-ethyl adjacent to an activating group) is 1. The molecule has 0 radical (unpaired) electrons. The number of carbonyl (C=O) groups excluding carboxylic acids is 1. The lowest BCUT2D eigenvalue weighted by molar-refractivity contribution is 0.0922. The molecule has 0 aliphatic carbocycles. The molecule has 1 aliphatic heterocycles. The maximum Gasteiger partial charge on any atom is 0.269 e. The van der Waals surface area contributed by atoms with Crippen molar-refractivity contribution in [3.8, 4) is 0 Å². The third-order valence-electron chi connectivity index (χ3n) is 3.92. The average Bonchev–Trinajstić information content (AvgIpc) is 3.11. The molecule has 2 aromatic rings. The highest BCUT2D eigenvalue weighted by atomic mass is 35.5. The summed E-state index contributed by atoms with van der Waals surface area (Å²) in [5.41, 5.74) is 1.65. The molecule has 2 heterocycles. The van der Waals surface area contributed by atoms with Gasteiger partial charge in [-0.25, -0.2) is 0 Å². The molecule has 6 heteroatoms. The third kappa shape index (κ3) is 2.94. The van der Waals surface area contributed by atoms with Crippen LogP contribution in [0.3, 0.4) is 0 Å². The van der Waals surface area contributed by atoms with E-state index in [-0.39, 0.29) is 18.0 Å². The van der Waals surface area contributed by atoms with Crippen LogP contribution in [0.1, 0.15) is 28.5 Å². The molecule has 1 fully saturated rings. The van der Waals surface area contributed by atoms with E-state index < -0.39 is 0 Å². The molecule has 5 nitrogen and oxygen atoms in total. The van der Waals surface area contributed by atoms with Crippen molar-refractivity contribution in [2.24, 2.45) is 0 Å². The minimum Gasteiger partial charge on any atom is -0.346 e. The Morgan fingerprint density at radius 2 is 2.14 bits per heavy atom. The summed E-state index contributed by atoms with van der Waals surface area (Å²) in [6, 6.07) is 9.72. The van der Waals surface area contributed by atoms with E-state index in [4.69, 9.17) is 11.6 Å². The lowest BCUT2D eigenvalue weighted by Gasteiger charge is -2.26. The van der Waals surface area contributed by atoms with Crippen molar-refractivity contribution in [1.82, 2.24) is 20.4 Å². The fourth-order valence-corrected chi connectivity index (χ4v) is 3.00. The van der Waals surface area contributed by atoms with Gasteiger partial charge in [0, 0.05) is 17.8 Å². The number of aromatic amines is 1. The number of aromatic nitrogens is 2. The van der Waals surface area contributed by atoms with E-state index in [1.807, 2.05) is 24.3 Å². The highest BCUT2D eigenvalue weighted by Gasteiger charge is 2.34. The standard InChI is InChI=1S/C15H17ClN4O/c1-20-9-7-12(18-15(21)13-6-8-17-19-13)14(20)10-2-4-11(16)5-3-10/h2-6,8,12,14H,7,9H2,1H3,(H,17,19)(H,18,21)/t12-,14+/m1/s1. The van der Waals surface area contributed by atoms with E-state index in [1.54, 1.807) is 12.3 Å². The molecule has 1 amide bonds. The molecular formula is C15H17ClN4O. The summed E-state index contributed by atoms with van der Waals surface area (Å²) in [7, 11) is 2.07. The van der Waals surface area contributed by atoms with Gasteiger partial charge < -0.3 is 5.32 Å². The van der Waals surface area contributed by atoms with Crippen LogP contribution in [0.5, 0.6) is 0 Å². The Kier molecular flexibility index (Phi) is 3.94. The van der Waals surface area contributed by atoms with Crippen molar-refractivity contribution < 1.29 is 4.79 Å². The second-order valence-corrected chi connectivity index (χ2v) is 5.75. The van der Waals surface area contributed by atoms with Crippen LogP contribution in [0.2, 0.25) is 5.02 Å².